The van der Waals surface area contributed by atoms with Crippen molar-refractivity contribution in [3.8, 4) is 28.0 Å². The largest absolute Gasteiger partial charge is 0.461 e. The molecule has 2 aliphatic carbocycles. The molecule has 8 nitrogen and oxygen atoms in total. The number of rotatable bonds is 10. The second-order valence-electron chi connectivity index (χ2n) is 13.8. The van der Waals surface area contributed by atoms with Crippen LogP contribution in [0.3, 0.4) is 0 Å². The van der Waals surface area contributed by atoms with E-state index < -0.39 is 65.6 Å². The van der Waals surface area contributed by atoms with E-state index in [9.17, 15) is 36.3 Å². The first-order valence-electron chi connectivity index (χ1n) is 18.1. The van der Waals surface area contributed by atoms with Crippen LogP contribution in [0.1, 0.15) is 66.8 Å². The van der Waals surface area contributed by atoms with Crippen LogP contribution in [0.2, 0.25) is 0 Å². The Morgan fingerprint density at radius 1 is 0.534 bits per heavy atom. The highest BCUT2D eigenvalue weighted by Gasteiger charge is 2.33. The number of aryl methyl sites for hydroxylation is 1. The fourth-order valence-corrected chi connectivity index (χ4v) is 7.81. The third kappa shape index (κ3) is 6.47. The van der Waals surface area contributed by atoms with Gasteiger partial charge in [-0.3, -0.25) is 4.79 Å². The highest BCUT2D eigenvalue weighted by Crippen LogP contribution is 2.46. The summed E-state index contributed by atoms with van der Waals surface area (Å²) in [5.74, 6) is -17.5. The van der Waals surface area contributed by atoms with Gasteiger partial charge in [0, 0.05) is 11.8 Å². The van der Waals surface area contributed by atoms with Gasteiger partial charge in [0.15, 0.2) is 0 Å². The Morgan fingerprint density at radius 2 is 0.931 bits per heavy atom. The van der Waals surface area contributed by atoms with Gasteiger partial charge in [0.1, 0.15) is 13.2 Å². The highest BCUT2D eigenvalue weighted by atomic mass is 19.2. The monoisotopic (exact) mass is 790 g/mol. The van der Waals surface area contributed by atoms with Gasteiger partial charge in [0.2, 0.25) is 34.8 Å². The standard InChI is InChI=1S/C45H31F5N2O6/c46-36-37(47)39(49)43(40(50)38(36)48)58-34(53)18-17-22-19-31(44(54)56-20-32-27-13-5-1-9-23(27)24-10-2-6-14-28(24)32)41(51)42(52)35(22)45(55)57-21-33-29-15-7-3-11-25(29)26-12-4-8-16-30(26)33/h1-16,19,32-33H,17-18,20-21,51-52H2. The van der Waals surface area contributed by atoms with Gasteiger partial charge in [0.25, 0.3) is 0 Å². The van der Waals surface area contributed by atoms with Gasteiger partial charge in [-0.25, -0.2) is 22.8 Å². The van der Waals surface area contributed by atoms with Crippen molar-refractivity contribution in [2.24, 2.45) is 0 Å². The van der Waals surface area contributed by atoms with Crippen LogP contribution < -0.4 is 16.2 Å². The number of halogens is 5. The van der Waals surface area contributed by atoms with E-state index in [0.717, 1.165) is 44.5 Å². The molecule has 0 fully saturated rings. The maximum Gasteiger partial charge on any atom is 0.340 e. The average molecular weight is 791 g/mol. The van der Waals surface area contributed by atoms with Crippen molar-refractivity contribution in [3.05, 3.63) is 171 Å². The Hall–Kier alpha value is -7.02. The summed E-state index contributed by atoms with van der Waals surface area (Å²) in [6, 6.07) is 31.9. The van der Waals surface area contributed by atoms with Gasteiger partial charge in [-0.05, 0) is 62.6 Å². The van der Waals surface area contributed by atoms with Crippen molar-refractivity contribution >= 4 is 29.3 Å². The van der Waals surface area contributed by atoms with Crippen molar-refractivity contribution < 1.29 is 50.5 Å². The Bertz CT molecular complexity index is 2560. The number of fused-ring (bicyclic) bond motifs is 6. The number of hydrogen-bond donors (Lipinski definition) is 2. The van der Waals surface area contributed by atoms with Gasteiger partial charge in [-0.2, -0.15) is 8.78 Å². The van der Waals surface area contributed by atoms with Crippen LogP contribution in [-0.4, -0.2) is 31.1 Å². The van der Waals surface area contributed by atoms with Gasteiger partial charge in [-0.1, -0.05) is 97.1 Å². The fraction of sp³-hybridized carbons (Fsp3) is 0.133. The molecule has 0 bridgehead atoms. The van der Waals surface area contributed by atoms with Gasteiger partial charge >= 0.3 is 17.9 Å². The maximum absolute atomic E-state index is 14.3. The number of esters is 3. The molecule has 292 valence electrons. The molecule has 13 heteroatoms. The second kappa shape index (κ2) is 15.1. The molecular formula is C45H31F5N2O6. The van der Waals surface area contributed by atoms with Crippen molar-refractivity contribution in [1.29, 1.82) is 0 Å². The molecule has 8 rings (SSSR count). The van der Waals surface area contributed by atoms with Gasteiger partial charge in [0.05, 0.1) is 28.9 Å². The predicted molar refractivity (Wildman–Crippen MR) is 203 cm³/mol. The van der Waals surface area contributed by atoms with E-state index in [0.29, 0.717) is 0 Å². The molecule has 6 aromatic rings. The Kier molecular flexibility index (Phi) is 9.89. The minimum atomic E-state index is -2.43. The van der Waals surface area contributed by atoms with Crippen LogP contribution in [0, 0.1) is 29.1 Å². The molecule has 0 saturated heterocycles. The fourth-order valence-electron chi connectivity index (χ4n) is 7.81. The predicted octanol–water partition coefficient (Wildman–Crippen LogP) is 9.02. The summed E-state index contributed by atoms with van der Waals surface area (Å²) in [5, 5.41) is 0. The van der Waals surface area contributed by atoms with Crippen LogP contribution in [0.15, 0.2) is 103 Å². The van der Waals surface area contributed by atoms with E-state index in [4.69, 9.17) is 20.9 Å². The Balaban J connectivity index is 1.08. The van der Waals surface area contributed by atoms with E-state index in [2.05, 4.69) is 4.74 Å². The lowest BCUT2D eigenvalue weighted by Gasteiger charge is -2.19. The normalized spacial score (nSPS) is 12.7. The molecule has 0 atom stereocenters. The summed E-state index contributed by atoms with van der Waals surface area (Å²) in [5.41, 5.74) is 19.2. The third-order valence-corrected chi connectivity index (χ3v) is 10.6. The van der Waals surface area contributed by atoms with Gasteiger partial charge < -0.3 is 25.7 Å². The summed E-state index contributed by atoms with van der Waals surface area (Å²) < 4.78 is 86.2. The lowest BCUT2D eigenvalue weighted by molar-refractivity contribution is -0.134. The molecule has 0 heterocycles. The molecule has 0 amide bonds. The zero-order valence-corrected chi connectivity index (χ0v) is 30.3. The minimum Gasteiger partial charge on any atom is -0.461 e. The Labute approximate surface area is 327 Å². The number of benzene rings is 6. The lowest BCUT2D eigenvalue weighted by atomic mass is 9.95. The number of nitrogens with two attached hydrogens (primary N) is 2. The molecule has 0 unspecified atom stereocenters. The second-order valence-corrected chi connectivity index (χ2v) is 13.8. The van der Waals surface area contributed by atoms with Crippen LogP contribution in [0.4, 0.5) is 33.3 Å². The summed E-state index contributed by atoms with van der Waals surface area (Å²) >= 11 is 0. The third-order valence-electron chi connectivity index (χ3n) is 10.6. The smallest absolute Gasteiger partial charge is 0.340 e. The van der Waals surface area contributed by atoms with E-state index in [1.165, 1.54) is 6.07 Å². The summed E-state index contributed by atoms with van der Waals surface area (Å²) in [6.45, 7) is -0.230. The minimum absolute atomic E-state index is 0.0678. The van der Waals surface area contributed by atoms with Crippen molar-refractivity contribution in [2.45, 2.75) is 24.7 Å². The Morgan fingerprint density at radius 3 is 1.38 bits per heavy atom. The summed E-state index contributed by atoms with van der Waals surface area (Å²) in [7, 11) is 0. The van der Waals surface area contributed by atoms with E-state index >= 15 is 0 Å². The van der Waals surface area contributed by atoms with E-state index in [1.807, 2.05) is 97.1 Å². The van der Waals surface area contributed by atoms with E-state index in [-0.39, 0.29) is 53.1 Å². The zero-order valence-electron chi connectivity index (χ0n) is 30.3. The van der Waals surface area contributed by atoms with Crippen molar-refractivity contribution in [2.75, 3.05) is 24.7 Å². The number of hydrogen-bond acceptors (Lipinski definition) is 8. The summed E-state index contributed by atoms with van der Waals surface area (Å²) in [6.07, 6.45) is -1.27. The van der Waals surface area contributed by atoms with Gasteiger partial charge in [-0.15, -0.1) is 0 Å². The van der Waals surface area contributed by atoms with E-state index in [1.54, 1.807) is 0 Å². The number of anilines is 2. The number of ether oxygens (including phenoxy) is 3. The molecule has 0 radical (unpaired) electrons. The first kappa shape index (κ1) is 37.9. The van der Waals surface area contributed by atoms with Crippen LogP contribution in [0.25, 0.3) is 22.3 Å². The first-order chi connectivity index (χ1) is 28.0. The number of carbonyl (C=O) groups is 3. The van der Waals surface area contributed by atoms with Crippen molar-refractivity contribution in [1.82, 2.24) is 0 Å². The molecule has 0 saturated carbocycles. The SMILES string of the molecule is Nc1c(C(=O)OCC2c3ccccc3-c3ccccc32)cc(CCC(=O)Oc2c(F)c(F)c(F)c(F)c2F)c(C(=O)OCC2c3ccccc3-c3ccccc32)c1N. The first-order valence-corrected chi connectivity index (χ1v) is 18.1. The molecule has 0 aliphatic heterocycles. The maximum atomic E-state index is 14.3. The van der Waals surface area contributed by atoms with Crippen LogP contribution in [-0.2, 0) is 20.7 Å². The van der Waals surface area contributed by atoms with Crippen LogP contribution >= 0.6 is 0 Å². The molecular weight excluding hydrogens is 759 g/mol. The molecule has 4 N–H and O–H groups in total. The average Bonchev–Trinajstić information content (AvgIpc) is 3.74. The number of carbonyl (C=O) groups excluding carboxylic acids is 3. The highest BCUT2D eigenvalue weighted by molar-refractivity contribution is 6.06. The zero-order chi connectivity index (χ0) is 40.8. The molecule has 58 heavy (non-hydrogen) atoms. The summed E-state index contributed by atoms with van der Waals surface area (Å²) in [4.78, 5) is 40.6. The molecule has 0 aromatic heterocycles. The van der Waals surface area contributed by atoms with Crippen molar-refractivity contribution in [3.63, 3.8) is 0 Å². The molecule has 0 spiro atoms. The molecule has 2 aliphatic rings. The molecule has 6 aromatic carbocycles. The lowest BCUT2D eigenvalue weighted by Crippen LogP contribution is -2.21. The van der Waals surface area contributed by atoms with Crippen LogP contribution in [0.5, 0.6) is 5.75 Å². The topological polar surface area (TPSA) is 131 Å². The number of nitrogen functional groups attached to an aromatic ring is 2. The quantitative estimate of drug-likeness (QED) is 0.0351.